The monoisotopic (exact) mass is 202 g/mol. The molecule has 0 saturated carbocycles. The van der Waals surface area contributed by atoms with Gasteiger partial charge in [0.25, 0.3) is 0 Å². The molecule has 1 atom stereocenters. The molecule has 0 aliphatic heterocycles. The number of aldehydes is 1. The molecule has 0 aromatic heterocycles. The molecule has 1 unspecified atom stereocenters. The molecule has 13 heavy (non-hydrogen) atoms. The molecule has 0 amide bonds. The van der Waals surface area contributed by atoms with E-state index in [4.69, 9.17) is 4.43 Å². The first-order valence-electron chi connectivity index (χ1n) is 4.80. The molecule has 0 aromatic carbocycles. The van der Waals surface area contributed by atoms with Gasteiger partial charge in [-0.25, -0.2) is 0 Å². The lowest BCUT2D eigenvalue weighted by atomic mass is 10.2. The lowest BCUT2D eigenvalue weighted by molar-refractivity contribution is -0.111. The quantitative estimate of drug-likeness (QED) is 0.517. The van der Waals surface area contributed by atoms with E-state index in [0.29, 0.717) is 6.61 Å². The third kappa shape index (κ3) is 4.05. The van der Waals surface area contributed by atoms with Crippen molar-refractivity contribution in [3.05, 3.63) is 0 Å². The zero-order valence-electron chi connectivity index (χ0n) is 9.68. The van der Waals surface area contributed by atoms with Crippen LogP contribution in [-0.2, 0) is 9.22 Å². The summed E-state index contributed by atoms with van der Waals surface area (Å²) in [6.45, 7) is 13.5. The van der Waals surface area contributed by atoms with Gasteiger partial charge in [0.2, 0.25) is 0 Å². The molecule has 0 heterocycles. The first-order valence-corrected chi connectivity index (χ1v) is 7.71. The molecule has 78 valence electrons. The summed E-state index contributed by atoms with van der Waals surface area (Å²) >= 11 is 0. The summed E-state index contributed by atoms with van der Waals surface area (Å²) in [5.74, 6) is 0.0223. The Labute approximate surface area is 82.8 Å². The summed E-state index contributed by atoms with van der Waals surface area (Å²) in [7, 11) is -1.64. The maximum atomic E-state index is 10.4. The van der Waals surface area contributed by atoms with E-state index in [1.165, 1.54) is 0 Å². The van der Waals surface area contributed by atoms with Gasteiger partial charge < -0.3 is 9.22 Å². The number of rotatable bonds is 4. The van der Waals surface area contributed by atoms with E-state index >= 15 is 0 Å². The molecule has 0 radical (unpaired) electrons. The average molecular weight is 202 g/mol. The van der Waals surface area contributed by atoms with Gasteiger partial charge in [-0.05, 0) is 18.1 Å². The van der Waals surface area contributed by atoms with Crippen LogP contribution in [0.2, 0.25) is 18.1 Å². The maximum Gasteiger partial charge on any atom is 0.192 e. The number of hydrogen-bond acceptors (Lipinski definition) is 2. The minimum absolute atomic E-state index is 0.0223. The molecule has 0 aliphatic rings. The van der Waals surface area contributed by atoms with Crippen molar-refractivity contribution in [2.75, 3.05) is 6.61 Å². The van der Waals surface area contributed by atoms with Crippen molar-refractivity contribution in [3.8, 4) is 0 Å². The molecule has 0 aromatic rings. The second-order valence-corrected chi connectivity index (χ2v) is 9.99. The fraction of sp³-hybridized carbons (Fsp3) is 0.900. The highest BCUT2D eigenvalue weighted by atomic mass is 28.4. The molecular formula is C10H22O2Si. The Morgan fingerprint density at radius 1 is 1.38 bits per heavy atom. The molecule has 0 rings (SSSR count). The smallest absolute Gasteiger partial charge is 0.192 e. The molecule has 0 bridgehead atoms. The van der Waals surface area contributed by atoms with E-state index in [9.17, 15) is 4.79 Å². The van der Waals surface area contributed by atoms with Crippen LogP contribution in [0.5, 0.6) is 0 Å². The minimum atomic E-state index is -1.64. The SMILES string of the molecule is CC(C=O)CO[Si](C)(C)C(C)(C)C. The van der Waals surface area contributed by atoms with Crippen LogP contribution in [0.4, 0.5) is 0 Å². The summed E-state index contributed by atoms with van der Waals surface area (Å²) in [5.41, 5.74) is 0. The summed E-state index contributed by atoms with van der Waals surface area (Å²) < 4.78 is 5.85. The standard InChI is InChI=1S/C10H22O2Si/c1-9(7-11)8-12-13(5,6)10(2,3)4/h7,9H,8H2,1-6H3. The lowest BCUT2D eigenvalue weighted by Gasteiger charge is -2.36. The molecule has 0 saturated heterocycles. The third-order valence-corrected chi connectivity index (χ3v) is 7.25. The van der Waals surface area contributed by atoms with Crippen molar-refractivity contribution in [2.45, 2.75) is 45.8 Å². The van der Waals surface area contributed by atoms with Crippen molar-refractivity contribution in [2.24, 2.45) is 5.92 Å². The molecule has 3 heteroatoms. The van der Waals surface area contributed by atoms with Crippen molar-refractivity contribution in [1.82, 2.24) is 0 Å². The summed E-state index contributed by atoms with van der Waals surface area (Å²) in [4.78, 5) is 10.4. The van der Waals surface area contributed by atoms with Crippen LogP contribution in [0.15, 0.2) is 0 Å². The molecular weight excluding hydrogens is 180 g/mol. The molecule has 2 nitrogen and oxygen atoms in total. The zero-order valence-corrected chi connectivity index (χ0v) is 10.7. The summed E-state index contributed by atoms with van der Waals surface area (Å²) in [6, 6.07) is 0. The van der Waals surface area contributed by atoms with Crippen LogP contribution in [0.3, 0.4) is 0 Å². The Kier molecular flexibility index (Phi) is 4.32. The van der Waals surface area contributed by atoms with Crippen molar-refractivity contribution >= 4 is 14.6 Å². The first-order chi connectivity index (χ1) is 5.70. The summed E-state index contributed by atoms with van der Waals surface area (Å²) in [5, 5.41) is 0.232. The maximum absolute atomic E-state index is 10.4. The molecule has 0 spiro atoms. The van der Waals surface area contributed by atoms with Gasteiger partial charge in [-0.1, -0.05) is 27.7 Å². The van der Waals surface area contributed by atoms with E-state index in [0.717, 1.165) is 6.29 Å². The fourth-order valence-corrected chi connectivity index (χ4v) is 1.71. The average Bonchev–Trinajstić information content (AvgIpc) is 1.98. The van der Waals surface area contributed by atoms with Crippen LogP contribution >= 0.6 is 0 Å². The fourth-order valence-electron chi connectivity index (χ4n) is 0.596. The summed E-state index contributed by atoms with van der Waals surface area (Å²) in [6.07, 6.45) is 0.952. The predicted molar refractivity (Wildman–Crippen MR) is 58.4 cm³/mol. The van der Waals surface area contributed by atoms with Gasteiger partial charge in [0.15, 0.2) is 8.32 Å². The Balaban J connectivity index is 4.11. The van der Waals surface area contributed by atoms with Gasteiger partial charge in [0.1, 0.15) is 6.29 Å². The van der Waals surface area contributed by atoms with Crippen LogP contribution in [0, 0.1) is 5.92 Å². The first kappa shape index (κ1) is 12.8. The Morgan fingerprint density at radius 3 is 2.15 bits per heavy atom. The Hall–Kier alpha value is -0.153. The number of hydrogen-bond donors (Lipinski definition) is 0. The van der Waals surface area contributed by atoms with Gasteiger partial charge in [-0.15, -0.1) is 0 Å². The molecule has 0 N–H and O–H groups in total. The van der Waals surface area contributed by atoms with Gasteiger partial charge >= 0.3 is 0 Å². The largest absolute Gasteiger partial charge is 0.416 e. The van der Waals surface area contributed by atoms with Crippen LogP contribution in [-0.4, -0.2) is 21.2 Å². The van der Waals surface area contributed by atoms with Gasteiger partial charge in [-0.2, -0.15) is 0 Å². The highest BCUT2D eigenvalue weighted by Crippen LogP contribution is 2.36. The topological polar surface area (TPSA) is 26.3 Å². The highest BCUT2D eigenvalue weighted by molar-refractivity contribution is 6.74. The highest BCUT2D eigenvalue weighted by Gasteiger charge is 2.37. The van der Waals surface area contributed by atoms with Gasteiger partial charge in [0.05, 0.1) is 0 Å². The van der Waals surface area contributed by atoms with Crippen LogP contribution < -0.4 is 0 Å². The minimum Gasteiger partial charge on any atom is -0.416 e. The second kappa shape index (κ2) is 4.38. The lowest BCUT2D eigenvalue weighted by Crippen LogP contribution is -2.41. The van der Waals surface area contributed by atoms with Crippen molar-refractivity contribution in [1.29, 1.82) is 0 Å². The van der Waals surface area contributed by atoms with Crippen molar-refractivity contribution in [3.63, 3.8) is 0 Å². The van der Waals surface area contributed by atoms with Gasteiger partial charge in [0, 0.05) is 12.5 Å². The van der Waals surface area contributed by atoms with E-state index < -0.39 is 8.32 Å². The van der Waals surface area contributed by atoms with Crippen LogP contribution in [0.25, 0.3) is 0 Å². The van der Waals surface area contributed by atoms with E-state index in [1.807, 2.05) is 6.92 Å². The normalized spacial score (nSPS) is 15.5. The predicted octanol–water partition coefficient (Wildman–Crippen LogP) is 2.84. The van der Waals surface area contributed by atoms with Crippen molar-refractivity contribution < 1.29 is 9.22 Å². The zero-order chi connectivity index (χ0) is 10.7. The van der Waals surface area contributed by atoms with Gasteiger partial charge in [-0.3, -0.25) is 0 Å². The Morgan fingerprint density at radius 2 is 1.85 bits per heavy atom. The Bertz CT molecular complexity index is 170. The second-order valence-electron chi connectivity index (χ2n) is 5.18. The number of carbonyl (C=O) groups excluding carboxylic acids is 1. The third-order valence-electron chi connectivity index (χ3n) is 2.75. The molecule has 0 aliphatic carbocycles. The van der Waals surface area contributed by atoms with E-state index in [-0.39, 0.29) is 11.0 Å². The van der Waals surface area contributed by atoms with E-state index in [1.54, 1.807) is 0 Å². The number of carbonyl (C=O) groups is 1. The van der Waals surface area contributed by atoms with Crippen LogP contribution in [0.1, 0.15) is 27.7 Å². The van der Waals surface area contributed by atoms with E-state index in [2.05, 4.69) is 33.9 Å². The molecule has 0 fully saturated rings.